The number of amides is 2. The zero-order valence-corrected chi connectivity index (χ0v) is 18.7. The van der Waals surface area contributed by atoms with E-state index in [4.69, 9.17) is 4.74 Å². The Balaban J connectivity index is 1.79. The van der Waals surface area contributed by atoms with E-state index >= 15 is 0 Å². The van der Waals surface area contributed by atoms with Crippen LogP contribution in [0.25, 0.3) is 0 Å². The topological polar surface area (TPSA) is 79.5 Å². The van der Waals surface area contributed by atoms with Crippen LogP contribution in [0.15, 0.2) is 48.5 Å². The summed E-state index contributed by atoms with van der Waals surface area (Å²) >= 11 is 0. The molecule has 6 nitrogen and oxygen atoms in total. The van der Waals surface area contributed by atoms with Gasteiger partial charge < -0.3 is 20.7 Å². The third-order valence-electron chi connectivity index (χ3n) is 4.78. The highest BCUT2D eigenvalue weighted by molar-refractivity contribution is 5.98. The van der Waals surface area contributed by atoms with Crippen LogP contribution in [0, 0.1) is 0 Å². The predicted molar refractivity (Wildman–Crippen MR) is 127 cm³/mol. The van der Waals surface area contributed by atoms with Crippen molar-refractivity contribution >= 4 is 23.2 Å². The third-order valence-corrected chi connectivity index (χ3v) is 4.78. The minimum Gasteiger partial charge on any atom is -0.494 e. The Hall–Kier alpha value is -3.02. The molecule has 0 radical (unpaired) electrons. The minimum absolute atomic E-state index is 0.118. The molecule has 31 heavy (non-hydrogen) atoms. The van der Waals surface area contributed by atoms with Crippen molar-refractivity contribution in [3.05, 3.63) is 54.1 Å². The van der Waals surface area contributed by atoms with E-state index in [1.807, 2.05) is 24.3 Å². The molecule has 6 heteroatoms. The van der Waals surface area contributed by atoms with Gasteiger partial charge in [0.1, 0.15) is 5.75 Å². The van der Waals surface area contributed by atoms with Gasteiger partial charge in [-0.2, -0.15) is 0 Å². The van der Waals surface area contributed by atoms with E-state index in [9.17, 15) is 9.59 Å². The Kier molecular flexibility index (Phi) is 11.0. The van der Waals surface area contributed by atoms with E-state index in [0.29, 0.717) is 24.4 Å². The molecule has 0 saturated carbocycles. The first-order valence-electron chi connectivity index (χ1n) is 11.3. The van der Waals surface area contributed by atoms with Crippen LogP contribution in [0.2, 0.25) is 0 Å². The SMILES string of the molecule is CCCCCCOc1cccc(NCC(=O)Nc2cccc(C(=O)NCCCC)c2)c1. The summed E-state index contributed by atoms with van der Waals surface area (Å²) in [7, 11) is 0. The Morgan fingerprint density at radius 1 is 0.871 bits per heavy atom. The summed E-state index contributed by atoms with van der Waals surface area (Å²) in [6, 6.07) is 14.6. The minimum atomic E-state index is -0.186. The highest BCUT2D eigenvalue weighted by Gasteiger charge is 2.08. The highest BCUT2D eigenvalue weighted by atomic mass is 16.5. The number of nitrogens with one attached hydrogen (secondary N) is 3. The zero-order chi connectivity index (χ0) is 22.3. The Labute approximate surface area is 185 Å². The summed E-state index contributed by atoms with van der Waals surface area (Å²) < 4.78 is 5.79. The number of unbranched alkanes of at least 4 members (excludes halogenated alkanes) is 4. The lowest BCUT2D eigenvalue weighted by molar-refractivity contribution is -0.114. The van der Waals surface area contributed by atoms with Crippen molar-refractivity contribution in [1.82, 2.24) is 5.32 Å². The molecule has 0 unspecified atom stereocenters. The van der Waals surface area contributed by atoms with Gasteiger partial charge in [-0.3, -0.25) is 9.59 Å². The lowest BCUT2D eigenvalue weighted by atomic mass is 10.2. The van der Waals surface area contributed by atoms with Gasteiger partial charge in [0, 0.05) is 29.5 Å². The van der Waals surface area contributed by atoms with E-state index in [1.165, 1.54) is 19.3 Å². The van der Waals surface area contributed by atoms with Crippen molar-refractivity contribution in [3.8, 4) is 5.75 Å². The summed E-state index contributed by atoms with van der Waals surface area (Å²) in [5.41, 5.74) is 1.95. The molecule has 0 aromatic heterocycles. The molecule has 3 N–H and O–H groups in total. The van der Waals surface area contributed by atoms with Crippen molar-refractivity contribution in [1.29, 1.82) is 0 Å². The number of ether oxygens (including phenoxy) is 1. The molecule has 2 aromatic rings. The van der Waals surface area contributed by atoms with Gasteiger partial charge in [-0.25, -0.2) is 0 Å². The fraction of sp³-hybridized carbons (Fsp3) is 0.440. The van der Waals surface area contributed by atoms with Crippen LogP contribution in [0.5, 0.6) is 5.75 Å². The molecule has 0 atom stereocenters. The fourth-order valence-corrected chi connectivity index (χ4v) is 3.02. The number of anilines is 2. The Morgan fingerprint density at radius 3 is 2.45 bits per heavy atom. The van der Waals surface area contributed by atoms with Crippen LogP contribution in [0.4, 0.5) is 11.4 Å². The second-order valence-electron chi connectivity index (χ2n) is 7.53. The molecular weight excluding hydrogens is 390 g/mol. The number of carbonyl (C=O) groups is 2. The third kappa shape index (κ3) is 9.55. The van der Waals surface area contributed by atoms with E-state index in [2.05, 4.69) is 29.8 Å². The number of hydrogen-bond acceptors (Lipinski definition) is 4. The average Bonchev–Trinajstić information content (AvgIpc) is 2.78. The van der Waals surface area contributed by atoms with Gasteiger partial charge in [-0.1, -0.05) is 51.7 Å². The lowest BCUT2D eigenvalue weighted by Crippen LogP contribution is -2.25. The number of rotatable bonds is 14. The maximum absolute atomic E-state index is 12.3. The first-order chi connectivity index (χ1) is 15.1. The first-order valence-corrected chi connectivity index (χ1v) is 11.3. The second-order valence-corrected chi connectivity index (χ2v) is 7.53. The van der Waals surface area contributed by atoms with Gasteiger partial charge in [0.15, 0.2) is 0 Å². The summed E-state index contributed by atoms with van der Waals surface area (Å²) in [6.07, 6.45) is 6.63. The van der Waals surface area contributed by atoms with Gasteiger partial charge in [0.25, 0.3) is 5.91 Å². The summed E-state index contributed by atoms with van der Waals surface area (Å²) in [5, 5.41) is 8.83. The van der Waals surface area contributed by atoms with E-state index in [1.54, 1.807) is 24.3 Å². The molecule has 0 fully saturated rings. The van der Waals surface area contributed by atoms with Gasteiger partial charge in [0.05, 0.1) is 13.2 Å². The smallest absolute Gasteiger partial charge is 0.251 e. The molecule has 0 spiro atoms. The molecule has 0 aliphatic carbocycles. The quantitative estimate of drug-likeness (QED) is 0.362. The van der Waals surface area contributed by atoms with Crippen LogP contribution in [0.3, 0.4) is 0 Å². The predicted octanol–water partition coefficient (Wildman–Crippen LogP) is 5.23. The van der Waals surface area contributed by atoms with Crippen molar-refractivity contribution in [2.75, 3.05) is 30.3 Å². The van der Waals surface area contributed by atoms with Crippen LogP contribution in [-0.4, -0.2) is 31.5 Å². The van der Waals surface area contributed by atoms with Gasteiger partial charge in [-0.05, 0) is 43.2 Å². The monoisotopic (exact) mass is 425 g/mol. The Bertz CT molecular complexity index is 823. The molecule has 168 valence electrons. The van der Waals surface area contributed by atoms with E-state index in [-0.39, 0.29) is 18.4 Å². The molecule has 2 rings (SSSR count). The van der Waals surface area contributed by atoms with E-state index < -0.39 is 0 Å². The van der Waals surface area contributed by atoms with Gasteiger partial charge >= 0.3 is 0 Å². The van der Waals surface area contributed by atoms with Crippen molar-refractivity contribution in [3.63, 3.8) is 0 Å². The summed E-state index contributed by atoms with van der Waals surface area (Å²) in [6.45, 7) is 5.74. The maximum atomic E-state index is 12.3. The second kappa shape index (κ2) is 14.1. The molecule has 0 heterocycles. The fourth-order valence-electron chi connectivity index (χ4n) is 3.02. The zero-order valence-electron chi connectivity index (χ0n) is 18.7. The largest absolute Gasteiger partial charge is 0.494 e. The van der Waals surface area contributed by atoms with Gasteiger partial charge in [0.2, 0.25) is 5.91 Å². The van der Waals surface area contributed by atoms with Crippen LogP contribution < -0.4 is 20.7 Å². The number of benzene rings is 2. The molecule has 2 aromatic carbocycles. The molecule has 0 aliphatic heterocycles. The van der Waals surface area contributed by atoms with Crippen molar-refractivity contribution in [2.45, 2.75) is 52.4 Å². The van der Waals surface area contributed by atoms with Gasteiger partial charge in [-0.15, -0.1) is 0 Å². The average molecular weight is 426 g/mol. The first kappa shape index (κ1) is 24.3. The molecule has 0 bridgehead atoms. The summed E-state index contributed by atoms with van der Waals surface area (Å²) in [5.74, 6) is 0.479. The van der Waals surface area contributed by atoms with Crippen LogP contribution in [-0.2, 0) is 4.79 Å². The molecular formula is C25H35N3O3. The van der Waals surface area contributed by atoms with Crippen molar-refractivity contribution < 1.29 is 14.3 Å². The maximum Gasteiger partial charge on any atom is 0.251 e. The van der Waals surface area contributed by atoms with Crippen molar-refractivity contribution in [2.24, 2.45) is 0 Å². The Morgan fingerprint density at radius 2 is 1.65 bits per heavy atom. The van der Waals surface area contributed by atoms with Crippen LogP contribution in [0.1, 0.15) is 62.7 Å². The number of hydrogen-bond donors (Lipinski definition) is 3. The standard InChI is InChI=1S/C25H35N3O3/c1-3-5-7-8-16-31-23-14-10-12-21(18-23)27-19-24(29)28-22-13-9-11-20(17-22)25(30)26-15-6-4-2/h9-14,17-18,27H,3-8,15-16,19H2,1-2H3,(H,26,30)(H,28,29). The molecule has 0 aliphatic rings. The normalized spacial score (nSPS) is 10.4. The molecule has 2 amide bonds. The highest BCUT2D eigenvalue weighted by Crippen LogP contribution is 2.18. The lowest BCUT2D eigenvalue weighted by Gasteiger charge is -2.11. The summed E-state index contributed by atoms with van der Waals surface area (Å²) in [4.78, 5) is 24.5. The van der Waals surface area contributed by atoms with Crippen LogP contribution >= 0.6 is 0 Å². The molecule has 0 saturated heterocycles. The van der Waals surface area contributed by atoms with E-state index in [0.717, 1.165) is 30.7 Å². The number of carbonyl (C=O) groups excluding carboxylic acids is 2.